The van der Waals surface area contributed by atoms with Crippen LogP contribution in [0.15, 0.2) is 0 Å². The smallest absolute Gasteiger partial charge is 0 e. The summed E-state index contributed by atoms with van der Waals surface area (Å²) in [4.78, 5) is 0. The SMILES string of the molecule is [Ag].[Co].[Fe].[Ni]. The Bertz CT molecular complexity index is 8.00. The van der Waals surface area contributed by atoms with Crippen LogP contribution in [0.2, 0.25) is 0 Å². The van der Waals surface area contributed by atoms with Gasteiger partial charge in [0.1, 0.15) is 0 Å². The summed E-state index contributed by atoms with van der Waals surface area (Å²) in [6, 6.07) is 0. The quantitative estimate of drug-likeness (QED) is 0.548. The molecule has 0 aliphatic carbocycles. The van der Waals surface area contributed by atoms with E-state index in [-0.39, 0.29) is 72.7 Å². The summed E-state index contributed by atoms with van der Waals surface area (Å²) in [6.07, 6.45) is 0. The summed E-state index contributed by atoms with van der Waals surface area (Å²) >= 11 is 0. The molecule has 0 rings (SSSR count). The molecule has 38 valence electrons. The van der Waals surface area contributed by atoms with E-state index in [0.717, 1.165) is 0 Å². The van der Waals surface area contributed by atoms with Gasteiger partial charge in [-0.05, 0) is 0 Å². The second-order valence-corrected chi connectivity index (χ2v) is 0. The van der Waals surface area contributed by atoms with E-state index in [4.69, 9.17) is 0 Å². The molecule has 0 amide bonds. The Hall–Kier alpha value is 2.26. The van der Waals surface area contributed by atoms with Crippen molar-refractivity contribution >= 4 is 0 Å². The van der Waals surface area contributed by atoms with E-state index >= 15 is 0 Å². The molecule has 0 aromatic rings. The summed E-state index contributed by atoms with van der Waals surface area (Å²) < 4.78 is 0. The van der Waals surface area contributed by atoms with Gasteiger partial charge in [-0.25, -0.2) is 0 Å². The van der Waals surface area contributed by atoms with Gasteiger partial charge in [0.15, 0.2) is 0 Å². The molecular formula is AgCoFeNi. The molecule has 0 heterocycles. The third kappa shape index (κ3) is 8.86. The zero-order valence-electron chi connectivity index (χ0n) is 1.30. The molecule has 0 bridgehead atoms. The molecule has 0 spiro atoms. The molecule has 0 aromatic carbocycles. The first kappa shape index (κ1) is 33.9. The average Bonchev–Trinajstić information content (AvgIpc) is 0. The normalized spacial score (nSPS) is 0. The van der Waals surface area contributed by atoms with Gasteiger partial charge >= 0.3 is 0 Å². The first-order valence-corrected chi connectivity index (χ1v) is 0. The second kappa shape index (κ2) is 18.7. The van der Waals surface area contributed by atoms with Crippen LogP contribution in [-0.4, -0.2) is 0 Å². The van der Waals surface area contributed by atoms with Crippen LogP contribution in [0.5, 0.6) is 0 Å². The van der Waals surface area contributed by atoms with E-state index in [9.17, 15) is 0 Å². The zero-order chi connectivity index (χ0) is 0. The van der Waals surface area contributed by atoms with Crippen LogP contribution in [0, 0.1) is 0 Å². The van der Waals surface area contributed by atoms with Crippen molar-refractivity contribution in [3.63, 3.8) is 0 Å². The van der Waals surface area contributed by atoms with Gasteiger partial charge in [0.25, 0.3) is 0 Å². The fourth-order valence-electron chi connectivity index (χ4n) is 0. The van der Waals surface area contributed by atoms with Crippen LogP contribution in [0.3, 0.4) is 0 Å². The zero-order valence-corrected chi connectivity index (χ0v) is 5.92. The molecule has 0 saturated carbocycles. The topological polar surface area (TPSA) is 0 Å². The van der Waals surface area contributed by atoms with Crippen LogP contribution in [-0.2, 0) is 72.7 Å². The minimum absolute atomic E-state index is 0. The Balaban J connectivity index is 0. The summed E-state index contributed by atoms with van der Waals surface area (Å²) in [7, 11) is 0. The molecule has 0 saturated heterocycles. The molecule has 0 nitrogen and oxygen atoms in total. The third-order valence-corrected chi connectivity index (χ3v) is 0. The van der Waals surface area contributed by atoms with Gasteiger partial charge in [-0.15, -0.1) is 0 Å². The first-order chi connectivity index (χ1) is 0. The van der Waals surface area contributed by atoms with Crippen molar-refractivity contribution in [1.82, 2.24) is 0 Å². The molecule has 0 aliphatic heterocycles. The third-order valence-electron chi connectivity index (χ3n) is 0. The molecule has 0 atom stereocenters. The van der Waals surface area contributed by atoms with Crippen molar-refractivity contribution < 1.29 is 72.7 Å². The minimum Gasteiger partial charge on any atom is 0 e. The number of rotatable bonds is 0. The Morgan fingerprint density at radius 3 is 1.00 bits per heavy atom. The molecule has 0 aromatic heterocycles. The van der Waals surface area contributed by atoms with Crippen molar-refractivity contribution in [2.45, 2.75) is 0 Å². The number of hydrogen-bond donors (Lipinski definition) is 0. The van der Waals surface area contributed by atoms with Gasteiger partial charge in [0, 0.05) is 72.7 Å². The Kier molecular flexibility index (Phi) is 158. The fraction of sp³-hybridized carbons (Fsp3) is 0. The summed E-state index contributed by atoms with van der Waals surface area (Å²) in [5.74, 6) is 0. The Morgan fingerprint density at radius 2 is 1.00 bits per heavy atom. The molecule has 0 aliphatic rings. The predicted molar refractivity (Wildman–Crippen MR) is 0 cm³/mol. The molecule has 4 heavy (non-hydrogen) atoms. The molecule has 0 unspecified atom stereocenters. The van der Waals surface area contributed by atoms with Gasteiger partial charge in [0.2, 0.25) is 0 Å². The van der Waals surface area contributed by atoms with Gasteiger partial charge in [0.05, 0.1) is 0 Å². The van der Waals surface area contributed by atoms with Crippen molar-refractivity contribution in [2.75, 3.05) is 0 Å². The van der Waals surface area contributed by atoms with E-state index in [1.807, 2.05) is 0 Å². The minimum atomic E-state index is 0. The van der Waals surface area contributed by atoms with E-state index in [0.29, 0.717) is 0 Å². The largest absolute Gasteiger partial charge is 0 e. The Morgan fingerprint density at radius 1 is 1.00 bits per heavy atom. The van der Waals surface area contributed by atoms with Crippen LogP contribution in [0.1, 0.15) is 0 Å². The fourth-order valence-corrected chi connectivity index (χ4v) is 0. The number of hydrogen-bond acceptors (Lipinski definition) is 0. The molecule has 2 radical (unpaired) electrons. The maximum absolute atomic E-state index is 0. The van der Waals surface area contributed by atoms with E-state index in [1.54, 1.807) is 0 Å². The van der Waals surface area contributed by atoms with Gasteiger partial charge in [-0.2, -0.15) is 0 Å². The van der Waals surface area contributed by atoms with E-state index in [1.165, 1.54) is 0 Å². The standard InChI is InChI=1S/Ag.Co.Fe.Ni. The maximum atomic E-state index is 0. The average molecular weight is 281 g/mol. The summed E-state index contributed by atoms with van der Waals surface area (Å²) in [6.45, 7) is 0. The van der Waals surface area contributed by atoms with Crippen molar-refractivity contribution in [1.29, 1.82) is 0 Å². The van der Waals surface area contributed by atoms with Crippen molar-refractivity contribution in [3.05, 3.63) is 0 Å². The molecule has 0 N–H and O–H groups in total. The van der Waals surface area contributed by atoms with Gasteiger partial charge < -0.3 is 0 Å². The van der Waals surface area contributed by atoms with Crippen LogP contribution in [0.4, 0.5) is 0 Å². The predicted octanol–water partition coefficient (Wildman–Crippen LogP) is -0.0100. The van der Waals surface area contributed by atoms with Gasteiger partial charge in [-0.1, -0.05) is 0 Å². The van der Waals surface area contributed by atoms with Gasteiger partial charge in [-0.3, -0.25) is 0 Å². The van der Waals surface area contributed by atoms with Crippen LogP contribution < -0.4 is 0 Å². The first-order valence-electron chi connectivity index (χ1n) is 0. The second-order valence-electron chi connectivity index (χ2n) is 0. The molecular weight excluding hydrogens is 281 g/mol. The van der Waals surface area contributed by atoms with Crippen molar-refractivity contribution in [2.24, 2.45) is 0 Å². The van der Waals surface area contributed by atoms with Crippen LogP contribution >= 0.6 is 0 Å². The molecule has 4 heteroatoms. The van der Waals surface area contributed by atoms with E-state index < -0.39 is 0 Å². The summed E-state index contributed by atoms with van der Waals surface area (Å²) in [5.41, 5.74) is 0. The Labute approximate surface area is 72.0 Å². The summed E-state index contributed by atoms with van der Waals surface area (Å²) in [5, 5.41) is 0. The molecule has 0 fully saturated rings. The maximum Gasteiger partial charge on any atom is 0 e. The van der Waals surface area contributed by atoms with Crippen LogP contribution in [0.25, 0.3) is 0 Å². The monoisotopic (exact) mass is 280 g/mol. The van der Waals surface area contributed by atoms with Crippen molar-refractivity contribution in [3.8, 4) is 0 Å². The van der Waals surface area contributed by atoms with E-state index in [2.05, 4.69) is 0 Å².